The van der Waals surface area contributed by atoms with E-state index in [9.17, 15) is 0 Å². The van der Waals surface area contributed by atoms with Crippen molar-refractivity contribution in [2.24, 2.45) is 0 Å². The summed E-state index contributed by atoms with van der Waals surface area (Å²) in [6.07, 6.45) is 0. The number of hydrogen-bond donors (Lipinski definition) is 0. The highest BCUT2D eigenvalue weighted by molar-refractivity contribution is 6.19. The van der Waals surface area contributed by atoms with Crippen LogP contribution in [0.3, 0.4) is 0 Å². The van der Waals surface area contributed by atoms with E-state index in [1.165, 1.54) is 0 Å². The Labute approximate surface area is 254 Å². The van der Waals surface area contributed by atoms with Gasteiger partial charge in [-0.25, -0.2) is 0 Å². The molecule has 222 valence electrons. The molecule has 8 nitrogen and oxygen atoms in total. The zero-order valence-electron chi connectivity index (χ0n) is 25.4. The molecule has 0 unspecified atom stereocenters. The molecule has 0 atom stereocenters. The largest absolute Gasteiger partial charge is 0.493 e. The first-order chi connectivity index (χ1) is 21.6. The molecule has 0 saturated heterocycles. The summed E-state index contributed by atoms with van der Waals surface area (Å²) >= 11 is 0. The summed E-state index contributed by atoms with van der Waals surface area (Å²) in [6.45, 7) is 0. The lowest BCUT2D eigenvalue weighted by atomic mass is 10.1. The predicted molar refractivity (Wildman–Crippen MR) is 174 cm³/mol. The Morgan fingerprint density at radius 2 is 0.705 bits per heavy atom. The van der Waals surface area contributed by atoms with Gasteiger partial charge in [0, 0.05) is 45.8 Å². The van der Waals surface area contributed by atoms with E-state index in [2.05, 4.69) is 69.8 Å². The molecule has 0 fully saturated rings. The van der Waals surface area contributed by atoms with Crippen molar-refractivity contribution in [3.8, 4) is 45.9 Å². The van der Waals surface area contributed by atoms with E-state index in [0.717, 1.165) is 55.0 Å². The third-order valence-electron chi connectivity index (χ3n) is 8.28. The van der Waals surface area contributed by atoms with Crippen molar-refractivity contribution < 1.29 is 28.4 Å². The van der Waals surface area contributed by atoms with Crippen molar-refractivity contribution in [2.45, 2.75) is 0 Å². The van der Waals surface area contributed by atoms with Gasteiger partial charge in [0.25, 0.3) is 0 Å². The number of rotatable bonds is 8. The first kappa shape index (κ1) is 27.3. The molecule has 0 N–H and O–H groups in total. The molecule has 44 heavy (non-hydrogen) atoms. The van der Waals surface area contributed by atoms with Crippen molar-refractivity contribution in [1.82, 2.24) is 9.13 Å². The van der Waals surface area contributed by atoms with E-state index in [0.29, 0.717) is 34.5 Å². The number of hydrogen-bond acceptors (Lipinski definition) is 6. The second-order valence-electron chi connectivity index (χ2n) is 10.4. The van der Waals surface area contributed by atoms with Crippen molar-refractivity contribution in [3.63, 3.8) is 0 Å². The van der Waals surface area contributed by atoms with Gasteiger partial charge in [-0.2, -0.15) is 0 Å². The molecule has 8 heteroatoms. The van der Waals surface area contributed by atoms with Crippen LogP contribution >= 0.6 is 0 Å². The van der Waals surface area contributed by atoms with Gasteiger partial charge < -0.3 is 37.6 Å². The van der Waals surface area contributed by atoms with E-state index < -0.39 is 0 Å². The number of ether oxygens (including phenoxy) is 6. The Morgan fingerprint density at radius 1 is 0.364 bits per heavy atom. The molecule has 0 radical (unpaired) electrons. The van der Waals surface area contributed by atoms with Crippen LogP contribution in [0.15, 0.2) is 84.9 Å². The lowest BCUT2D eigenvalue weighted by Gasteiger charge is -2.16. The lowest BCUT2D eigenvalue weighted by Crippen LogP contribution is -2.00. The SMILES string of the molecule is COc1cc(-n2c3ccccc3c3cc4c(cc32)c2ccccc2n4-c2cc(OC)c(OC)c(OC)c2)cc(OC)c1OC. The van der Waals surface area contributed by atoms with Crippen LogP contribution in [0.25, 0.3) is 55.0 Å². The average molecular weight is 589 g/mol. The molecule has 0 amide bonds. The third kappa shape index (κ3) is 3.91. The summed E-state index contributed by atoms with van der Waals surface area (Å²) in [4.78, 5) is 0. The van der Waals surface area contributed by atoms with E-state index in [-0.39, 0.29) is 0 Å². The van der Waals surface area contributed by atoms with Gasteiger partial charge in [-0.1, -0.05) is 36.4 Å². The Hall–Kier alpha value is -5.50. The van der Waals surface area contributed by atoms with Crippen molar-refractivity contribution in [1.29, 1.82) is 0 Å². The Kier molecular flexibility index (Phi) is 6.62. The fourth-order valence-electron chi connectivity index (χ4n) is 6.38. The number of fused-ring (bicyclic) bond motifs is 6. The Morgan fingerprint density at radius 3 is 1.02 bits per heavy atom. The van der Waals surface area contributed by atoms with Crippen LogP contribution in [0.2, 0.25) is 0 Å². The maximum absolute atomic E-state index is 5.72. The normalized spacial score (nSPS) is 11.4. The van der Waals surface area contributed by atoms with Crippen molar-refractivity contribution >= 4 is 43.6 Å². The fourth-order valence-corrected chi connectivity index (χ4v) is 6.38. The standard InChI is InChI=1S/C36H32N2O6/c1-39-31-15-21(16-32(40-2)35(31)43-5)37-27-13-9-7-11-23(27)25-20-30-26(19-29(25)37)24-12-8-10-14-28(24)38(30)22-17-33(41-3)36(44-6)34(18-22)42-4/h7-20H,1-6H3. The topological polar surface area (TPSA) is 65.2 Å². The molecule has 0 bridgehead atoms. The minimum atomic E-state index is 0.551. The van der Waals surface area contributed by atoms with Gasteiger partial charge in [0.05, 0.1) is 76.1 Å². The van der Waals surface area contributed by atoms with Crippen molar-refractivity contribution in [3.05, 3.63) is 84.9 Å². The summed E-state index contributed by atoms with van der Waals surface area (Å²) in [6, 6.07) is 29.3. The highest BCUT2D eigenvalue weighted by Crippen LogP contribution is 2.45. The molecule has 7 aromatic rings. The van der Waals surface area contributed by atoms with Crippen LogP contribution in [0.4, 0.5) is 0 Å². The predicted octanol–water partition coefficient (Wildman–Crippen LogP) is 7.93. The molecular weight excluding hydrogens is 556 g/mol. The van der Waals surface area contributed by atoms with E-state index in [1.54, 1.807) is 42.7 Å². The molecular formula is C36H32N2O6. The summed E-state index contributed by atoms with van der Waals surface area (Å²) in [7, 11) is 9.76. The first-order valence-corrected chi connectivity index (χ1v) is 14.1. The molecule has 0 aliphatic rings. The number of methoxy groups -OCH3 is 6. The highest BCUT2D eigenvalue weighted by atomic mass is 16.5. The van der Waals surface area contributed by atoms with Crippen LogP contribution < -0.4 is 28.4 Å². The van der Waals surface area contributed by atoms with Crippen LogP contribution in [0.5, 0.6) is 34.5 Å². The quantitative estimate of drug-likeness (QED) is 0.180. The Bertz CT molecular complexity index is 2000. The van der Waals surface area contributed by atoms with Gasteiger partial charge in [0.1, 0.15) is 0 Å². The second-order valence-corrected chi connectivity index (χ2v) is 10.4. The van der Waals surface area contributed by atoms with Crippen LogP contribution in [0.1, 0.15) is 0 Å². The molecule has 2 heterocycles. The molecule has 0 aliphatic carbocycles. The van der Waals surface area contributed by atoms with Gasteiger partial charge in [0.2, 0.25) is 11.5 Å². The number of benzene rings is 5. The highest BCUT2D eigenvalue weighted by Gasteiger charge is 2.22. The summed E-state index contributed by atoms with van der Waals surface area (Å²) in [5.74, 6) is 3.46. The van der Waals surface area contributed by atoms with Gasteiger partial charge in [0.15, 0.2) is 23.0 Å². The summed E-state index contributed by atoms with van der Waals surface area (Å²) in [5, 5.41) is 4.47. The zero-order chi connectivity index (χ0) is 30.5. The first-order valence-electron chi connectivity index (χ1n) is 14.1. The Balaban J connectivity index is 1.61. The lowest BCUT2D eigenvalue weighted by molar-refractivity contribution is 0.324. The molecule has 7 rings (SSSR count). The van der Waals surface area contributed by atoms with Crippen LogP contribution in [0, 0.1) is 0 Å². The fraction of sp³-hybridized carbons (Fsp3) is 0.167. The molecule has 2 aromatic heterocycles. The van der Waals surface area contributed by atoms with Crippen LogP contribution in [-0.4, -0.2) is 51.8 Å². The van der Waals surface area contributed by atoms with E-state index in [1.807, 2.05) is 24.3 Å². The average Bonchev–Trinajstić information content (AvgIpc) is 3.57. The van der Waals surface area contributed by atoms with Gasteiger partial charge in [-0.15, -0.1) is 0 Å². The summed E-state index contributed by atoms with van der Waals surface area (Å²) < 4.78 is 38.6. The number of aromatic nitrogens is 2. The van der Waals surface area contributed by atoms with Gasteiger partial charge in [-0.3, -0.25) is 0 Å². The second kappa shape index (κ2) is 10.6. The maximum atomic E-state index is 5.72. The van der Waals surface area contributed by atoms with E-state index in [4.69, 9.17) is 28.4 Å². The monoisotopic (exact) mass is 588 g/mol. The molecule has 0 aliphatic heterocycles. The summed E-state index contributed by atoms with van der Waals surface area (Å²) in [5.41, 5.74) is 6.04. The van der Waals surface area contributed by atoms with Crippen molar-refractivity contribution in [2.75, 3.05) is 42.7 Å². The van der Waals surface area contributed by atoms with E-state index >= 15 is 0 Å². The minimum Gasteiger partial charge on any atom is -0.493 e. The molecule has 0 saturated carbocycles. The van der Waals surface area contributed by atoms with Gasteiger partial charge >= 0.3 is 0 Å². The van der Waals surface area contributed by atoms with Crippen LogP contribution in [-0.2, 0) is 0 Å². The smallest absolute Gasteiger partial charge is 0.203 e. The molecule has 5 aromatic carbocycles. The number of para-hydroxylation sites is 2. The molecule has 0 spiro atoms. The van der Waals surface area contributed by atoms with Gasteiger partial charge in [-0.05, 0) is 24.3 Å². The maximum Gasteiger partial charge on any atom is 0.203 e. The number of nitrogens with zero attached hydrogens (tertiary/aromatic N) is 2. The zero-order valence-corrected chi connectivity index (χ0v) is 25.4. The minimum absolute atomic E-state index is 0.551. The third-order valence-corrected chi connectivity index (χ3v) is 8.28.